The Balaban J connectivity index is 3.13. The maximum atomic E-state index is 12.0. The van der Waals surface area contributed by atoms with Crippen LogP contribution in [0.4, 0.5) is 5.69 Å². The van der Waals surface area contributed by atoms with E-state index < -0.39 is 9.05 Å². The van der Waals surface area contributed by atoms with E-state index in [0.717, 1.165) is 0 Å². The molecule has 1 amide bonds. The SMILES string of the molecule is Cc1cc(S(=O)(=O)Cl)cc(Cl)c1NC(=O)C(C)C(C)C. The van der Waals surface area contributed by atoms with E-state index in [9.17, 15) is 13.2 Å². The number of nitrogens with one attached hydrogen (secondary N) is 1. The van der Waals surface area contributed by atoms with Crippen LogP contribution in [0.5, 0.6) is 0 Å². The number of hydrogen-bond acceptors (Lipinski definition) is 3. The lowest BCUT2D eigenvalue weighted by molar-refractivity contribution is -0.120. The van der Waals surface area contributed by atoms with Gasteiger partial charge in [0.1, 0.15) is 0 Å². The predicted molar refractivity (Wildman–Crippen MR) is 81.9 cm³/mol. The summed E-state index contributed by atoms with van der Waals surface area (Å²) >= 11 is 6.03. The number of benzene rings is 1. The number of carbonyl (C=O) groups is 1. The van der Waals surface area contributed by atoms with Crippen molar-refractivity contribution >= 4 is 42.9 Å². The normalized spacial score (nSPS) is 13.3. The number of anilines is 1. The molecule has 20 heavy (non-hydrogen) atoms. The van der Waals surface area contributed by atoms with Gasteiger partial charge in [0.2, 0.25) is 5.91 Å². The highest BCUT2D eigenvalue weighted by atomic mass is 35.7. The van der Waals surface area contributed by atoms with Gasteiger partial charge in [-0.15, -0.1) is 0 Å². The minimum absolute atomic E-state index is 0.0865. The van der Waals surface area contributed by atoms with E-state index in [1.54, 1.807) is 6.92 Å². The summed E-state index contributed by atoms with van der Waals surface area (Å²) in [5.41, 5.74) is 0.953. The maximum Gasteiger partial charge on any atom is 0.261 e. The smallest absolute Gasteiger partial charge is 0.261 e. The quantitative estimate of drug-likeness (QED) is 0.849. The summed E-state index contributed by atoms with van der Waals surface area (Å²) in [5, 5.41) is 2.88. The molecule has 0 bridgehead atoms. The second-order valence-electron chi connectivity index (χ2n) is 5.06. The number of rotatable bonds is 4. The number of halogens is 2. The van der Waals surface area contributed by atoms with E-state index >= 15 is 0 Å². The zero-order chi connectivity index (χ0) is 15.7. The first-order valence-electron chi connectivity index (χ1n) is 6.09. The molecule has 0 aliphatic rings. The predicted octanol–water partition coefficient (Wildman–Crippen LogP) is 3.81. The minimum atomic E-state index is -3.85. The fourth-order valence-corrected chi connectivity index (χ4v) is 2.77. The lowest BCUT2D eigenvalue weighted by Gasteiger charge is -2.17. The molecule has 1 aromatic rings. The Morgan fingerprint density at radius 3 is 2.20 bits per heavy atom. The van der Waals surface area contributed by atoms with Gasteiger partial charge in [0.05, 0.1) is 15.6 Å². The molecule has 0 saturated carbocycles. The molecular formula is C13H17Cl2NO3S. The van der Waals surface area contributed by atoms with Crippen LogP contribution in [-0.4, -0.2) is 14.3 Å². The molecule has 1 rings (SSSR count). The highest BCUT2D eigenvalue weighted by Gasteiger charge is 2.20. The summed E-state index contributed by atoms with van der Waals surface area (Å²) in [6.07, 6.45) is 0. The molecule has 1 aromatic carbocycles. The first-order valence-corrected chi connectivity index (χ1v) is 8.78. The Labute approximate surface area is 128 Å². The molecule has 0 aromatic heterocycles. The number of amides is 1. The van der Waals surface area contributed by atoms with Crippen molar-refractivity contribution in [3.05, 3.63) is 22.7 Å². The molecule has 1 N–H and O–H groups in total. The van der Waals surface area contributed by atoms with E-state index in [1.807, 2.05) is 20.8 Å². The molecule has 0 spiro atoms. The fourth-order valence-electron chi connectivity index (χ4n) is 1.55. The van der Waals surface area contributed by atoms with Crippen molar-refractivity contribution < 1.29 is 13.2 Å². The third-order valence-electron chi connectivity index (χ3n) is 3.20. The van der Waals surface area contributed by atoms with Crippen LogP contribution in [0.1, 0.15) is 26.3 Å². The fraction of sp³-hybridized carbons (Fsp3) is 0.462. The Morgan fingerprint density at radius 1 is 1.25 bits per heavy atom. The van der Waals surface area contributed by atoms with Crippen LogP contribution < -0.4 is 5.32 Å². The lowest BCUT2D eigenvalue weighted by Crippen LogP contribution is -2.24. The summed E-state index contributed by atoms with van der Waals surface area (Å²) in [6.45, 7) is 7.37. The number of hydrogen-bond donors (Lipinski definition) is 1. The number of aryl methyl sites for hydroxylation is 1. The monoisotopic (exact) mass is 337 g/mol. The minimum Gasteiger partial charge on any atom is -0.324 e. The van der Waals surface area contributed by atoms with Gasteiger partial charge < -0.3 is 5.32 Å². The Bertz CT molecular complexity index is 603. The van der Waals surface area contributed by atoms with Crippen LogP contribution in [0.25, 0.3) is 0 Å². The van der Waals surface area contributed by atoms with Crippen LogP contribution in [0, 0.1) is 18.8 Å². The second kappa shape index (κ2) is 6.33. The summed E-state index contributed by atoms with van der Waals surface area (Å²) < 4.78 is 22.6. The molecule has 0 fully saturated rings. The van der Waals surface area contributed by atoms with Crippen LogP contribution in [0.15, 0.2) is 17.0 Å². The van der Waals surface area contributed by atoms with Gasteiger partial charge in [0.15, 0.2) is 0 Å². The van der Waals surface area contributed by atoms with Gasteiger partial charge in [-0.25, -0.2) is 8.42 Å². The van der Waals surface area contributed by atoms with E-state index in [-0.39, 0.29) is 27.7 Å². The Hall–Kier alpha value is -0.780. The molecule has 1 atom stereocenters. The molecule has 0 heterocycles. The third kappa shape index (κ3) is 4.11. The van der Waals surface area contributed by atoms with Crippen LogP contribution in [0.2, 0.25) is 5.02 Å². The van der Waals surface area contributed by atoms with Crippen molar-refractivity contribution in [2.75, 3.05) is 5.32 Å². The van der Waals surface area contributed by atoms with Gasteiger partial charge in [0.25, 0.3) is 9.05 Å². The van der Waals surface area contributed by atoms with Crippen LogP contribution in [0.3, 0.4) is 0 Å². The van der Waals surface area contributed by atoms with Gasteiger partial charge in [-0.1, -0.05) is 32.4 Å². The zero-order valence-electron chi connectivity index (χ0n) is 11.7. The molecular weight excluding hydrogens is 321 g/mol. The van der Waals surface area contributed by atoms with Crippen LogP contribution >= 0.6 is 22.3 Å². The van der Waals surface area contributed by atoms with E-state index in [1.165, 1.54) is 12.1 Å². The van der Waals surface area contributed by atoms with E-state index in [4.69, 9.17) is 22.3 Å². The highest BCUT2D eigenvalue weighted by Crippen LogP contribution is 2.31. The molecule has 0 radical (unpaired) electrons. The standard InChI is InChI=1S/C13H17Cl2NO3S/c1-7(2)9(4)13(17)16-12-8(3)5-10(6-11(12)14)20(15,18)19/h5-7,9H,1-4H3,(H,16,17). The molecule has 4 nitrogen and oxygen atoms in total. The van der Waals surface area contributed by atoms with Gasteiger partial charge in [0, 0.05) is 16.6 Å². The highest BCUT2D eigenvalue weighted by molar-refractivity contribution is 8.13. The summed E-state index contributed by atoms with van der Waals surface area (Å²) in [4.78, 5) is 11.9. The average Bonchev–Trinajstić information content (AvgIpc) is 2.30. The lowest BCUT2D eigenvalue weighted by atomic mass is 9.97. The average molecular weight is 338 g/mol. The Morgan fingerprint density at radius 2 is 1.80 bits per heavy atom. The van der Waals surface area contributed by atoms with Crippen molar-refractivity contribution in [3.63, 3.8) is 0 Å². The summed E-state index contributed by atoms with van der Waals surface area (Å²) in [7, 11) is 1.43. The van der Waals surface area contributed by atoms with Gasteiger partial charge in [-0.2, -0.15) is 0 Å². The maximum absolute atomic E-state index is 12.0. The van der Waals surface area contributed by atoms with E-state index in [0.29, 0.717) is 11.3 Å². The van der Waals surface area contributed by atoms with Crippen molar-refractivity contribution in [1.29, 1.82) is 0 Å². The molecule has 7 heteroatoms. The summed E-state index contributed by atoms with van der Waals surface area (Å²) in [6, 6.07) is 2.61. The summed E-state index contributed by atoms with van der Waals surface area (Å²) in [5.74, 6) is -0.148. The topological polar surface area (TPSA) is 63.2 Å². The largest absolute Gasteiger partial charge is 0.324 e. The van der Waals surface area contributed by atoms with Gasteiger partial charge in [-0.05, 0) is 30.5 Å². The van der Waals surface area contributed by atoms with Crippen molar-refractivity contribution in [3.8, 4) is 0 Å². The van der Waals surface area contributed by atoms with Crippen molar-refractivity contribution in [1.82, 2.24) is 0 Å². The molecule has 0 saturated heterocycles. The Kier molecular flexibility index (Phi) is 5.46. The van der Waals surface area contributed by atoms with Crippen LogP contribution in [-0.2, 0) is 13.8 Å². The van der Waals surface area contributed by atoms with Gasteiger partial charge in [-0.3, -0.25) is 4.79 Å². The number of carbonyl (C=O) groups excluding carboxylic acids is 1. The van der Waals surface area contributed by atoms with Crippen molar-refractivity contribution in [2.24, 2.45) is 11.8 Å². The first kappa shape index (κ1) is 17.3. The van der Waals surface area contributed by atoms with E-state index in [2.05, 4.69) is 5.32 Å². The molecule has 1 unspecified atom stereocenters. The van der Waals surface area contributed by atoms with Gasteiger partial charge >= 0.3 is 0 Å². The van der Waals surface area contributed by atoms with Crippen molar-refractivity contribution in [2.45, 2.75) is 32.6 Å². The first-order chi connectivity index (χ1) is 9.04. The molecule has 0 aliphatic carbocycles. The molecule has 112 valence electrons. The third-order valence-corrected chi connectivity index (χ3v) is 4.84. The zero-order valence-corrected chi connectivity index (χ0v) is 14.0. The molecule has 0 aliphatic heterocycles. The second-order valence-corrected chi connectivity index (χ2v) is 8.03.